The maximum atomic E-state index is 2.43. The Bertz CT molecular complexity index is 2270. The number of para-hydroxylation sites is 1. The highest BCUT2D eigenvalue weighted by Gasteiger charge is 2.30. The van der Waals surface area contributed by atoms with E-state index in [2.05, 4.69) is 195 Å². The second-order valence-electron chi connectivity index (χ2n) is 14.6. The van der Waals surface area contributed by atoms with Crippen molar-refractivity contribution in [3.63, 3.8) is 0 Å². The summed E-state index contributed by atoms with van der Waals surface area (Å²) >= 11 is 1.93. The average molecular weight is 720 g/mol. The van der Waals surface area contributed by atoms with Gasteiger partial charge in [0.1, 0.15) is 0 Å². The summed E-state index contributed by atoms with van der Waals surface area (Å²) < 4.78 is 0. The standard InChI is InChI=1S/C52H49NS/c1-3-17-47-41(20-16-26-48(47)46-34-33-45(36-38(46)2)53(43-21-10-6-11-22-43)44-23-12-7-13-24-44)19-9-5-4-8-18-39-28-30-40(31-29-39)42-32-35-52-50(37-42)49-25-14-15-27-51(49)54-52/h4-12,14-16,18-19,21-23,25-36,41,50H,3,13,17,20,24,37H2,1-2H3/b5-4-,18-8-,19-9+. The van der Waals surface area contributed by atoms with Crippen molar-refractivity contribution < 1.29 is 0 Å². The smallest absolute Gasteiger partial charge is 0.0461 e. The SMILES string of the molecule is CCCC1=C(c2ccc(N(C3=CC=CCC3)c3ccccc3)cc2C)C=CCC1/C=C/C=C\C=C/c1ccc(C2=CC=C3Sc4ccccc4C3C2)cc1. The van der Waals surface area contributed by atoms with Gasteiger partial charge in [-0.15, -0.1) is 0 Å². The summed E-state index contributed by atoms with van der Waals surface area (Å²) in [6.45, 7) is 4.57. The van der Waals surface area contributed by atoms with Gasteiger partial charge in [0, 0.05) is 33.8 Å². The quantitative estimate of drug-likeness (QED) is 0.142. The summed E-state index contributed by atoms with van der Waals surface area (Å²) in [5, 5.41) is 0. The van der Waals surface area contributed by atoms with Crippen LogP contribution in [0.25, 0.3) is 17.2 Å². The minimum atomic E-state index is 0.404. The summed E-state index contributed by atoms with van der Waals surface area (Å²) in [6.07, 6.45) is 35.9. The van der Waals surface area contributed by atoms with Crippen molar-refractivity contribution in [1.82, 2.24) is 0 Å². The molecule has 2 unspecified atom stereocenters. The van der Waals surface area contributed by atoms with Crippen molar-refractivity contribution in [2.45, 2.75) is 63.2 Å². The molecule has 3 aliphatic carbocycles. The molecule has 0 amide bonds. The van der Waals surface area contributed by atoms with E-state index in [-0.39, 0.29) is 0 Å². The third-order valence-electron chi connectivity index (χ3n) is 11.0. The molecule has 4 aromatic rings. The molecule has 0 bridgehead atoms. The van der Waals surface area contributed by atoms with Gasteiger partial charge in [-0.1, -0.05) is 170 Å². The number of benzene rings is 4. The Morgan fingerprint density at radius 1 is 0.796 bits per heavy atom. The zero-order chi connectivity index (χ0) is 36.7. The highest BCUT2D eigenvalue weighted by Crippen LogP contribution is 2.53. The molecular weight excluding hydrogens is 671 g/mol. The molecule has 0 fully saturated rings. The summed E-state index contributed by atoms with van der Waals surface area (Å²) in [7, 11) is 0. The van der Waals surface area contributed by atoms with Crippen LogP contribution >= 0.6 is 11.8 Å². The van der Waals surface area contributed by atoms with Gasteiger partial charge in [-0.05, 0) is 119 Å². The number of nitrogens with zero attached hydrogens (tertiary/aromatic N) is 1. The lowest BCUT2D eigenvalue weighted by Crippen LogP contribution is -2.17. The van der Waals surface area contributed by atoms with Crippen molar-refractivity contribution in [1.29, 1.82) is 0 Å². The molecule has 0 radical (unpaired) electrons. The van der Waals surface area contributed by atoms with Crippen molar-refractivity contribution >= 4 is 40.4 Å². The molecule has 8 rings (SSSR count). The largest absolute Gasteiger partial charge is 0.314 e. The fraction of sp³-hybridized carbons (Fsp3) is 0.192. The Morgan fingerprint density at radius 3 is 2.44 bits per heavy atom. The van der Waals surface area contributed by atoms with Crippen molar-refractivity contribution in [3.05, 3.63) is 214 Å². The summed E-state index contributed by atoms with van der Waals surface area (Å²) in [6, 6.07) is 35.7. The molecule has 1 heterocycles. The molecule has 0 aromatic heterocycles. The average Bonchev–Trinajstić information content (AvgIpc) is 3.59. The number of hydrogen-bond donors (Lipinski definition) is 0. The number of fused-ring (bicyclic) bond motifs is 3. The monoisotopic (exact) mass is 719 g/mol. The molecule has 4 aromatic carbocycles. The number of allylic oxidation sites excluding steroid dienone is 17. The zero-order valence-electron chi connectivity index (χ0n) is 31.5. The fourth-order valence-electron chi connectivity index (χ4n) is 8.31. The minimum Gasteiger partial charge on any atom is -0.314 e. The van der Waals surface area contributed by atoms with Gasteiger partial charge in [-0.2, -0.15) is 0 Å². The van der Waals surface area contributed by atoms with Crippen LogP contribution in [-0.2, 0) is 0 Å². The molecule has 0 N–H and O–H groups in total. The maximum Gasteiger partial charge on any atom is 0.0461 e. The summed E-state index contributed by atoms with van der Waals surface area (Å²) in [5.74, 6) is 0.907. The van der Waals surface area contributed by atoms with Crippen LogP contribution in [0.15, 0.2) is 191 Å². The Labute approximate surface area is 326 Å². The Balaban J connectivity index is 0.935. The molecule has 1 nitrogen and oxygen atoms in total. The van der Waals surface area contributed by atoms with Crippen LogP contribution in [0.2, 0.25) is 0 Å². The number of rotatable bonds is 11. The highest BCUT2D eigenvalue weighted by molar-refractivity contribution is 8.03. The van der Waals surface area contributed by atoms with E-state index in [1.165, 1.54) is 65.8 Å². The molecule has 1 aliphatic heterocycles. The highest BCUT2D eigenvalue weighted by atomic mass is 32.2. The van der Waals surface area contributed by atoms with Crippen molar-refractivity contribution in [2.75, 3.05) is 4.90 Å². The van der Waals surface area contributed by atoms with Crippen LogP contribution in [0.3, 0.4) is 0 Å². The molecule has 4 aliphatic rings. The van der Waals surface area contributed by atoms with Crippen LogP contribution in [-0.4, -0.2) is 0 Å². The first-order valence-corrected chi connectivity index (χ1v) is 20.5. The first-order chi connectivity index (χ1) is 26.7. The molecule has 0 saturated heterocycles. The molecule has 54 heavy (non-hydrogen) atoms. The number of thioether (sulfide) groups is 1. The lowest BCUT2D eigenvalue weighted by molar-refractivity contribution is 0.705. The zero-order valence-corrected chi connectivity index (χ0v) is 32.3. The van der Waals surface area contributed by atoms with Crippen molar-refractivity contribution in [3.8, 4) is 0 Å². The van der Waals surface area contributed by atoms with Crippen LogP contribution in [0, 0.1) is 12.8 Å². The molecule has 2 heteroatoms. The van der Waals surface area contributed by atoms with Gasteiger partial charge in [0.05, 0.1) is 0 Å². The van der Waals surface area contributed by atoms with E-state index in [1.807, 2.05) is 11.8 Å². The van der Waals surface area contributed by atoms with E-state index in [0.717, 1.165) is 38.5 Å². The van der Waals surface area contributed by atoms with E-state index in [4.69, 9.17) is 0 Å². The Hall–Kier alpha value is -5.31. The lowest BCUT2D eigenvalue weighted by Gasteiger charge is -2.30. The van der Waals surface area contributed by atoms with E-state index >= 15 is 0 Å². The van der Waals surface area contributed by atoms with Gasteiger partial charge in [0.2, 0.25) is 0 Å². The number of anilines is 2. The number of hydrogen-bond acceptors (Lipinski definition) is 2. The third-order valence-corrected chi connectivity index (χ3v) is 12.3. The fourth-order valence-corrected chi connectivity index (χ4v) is 9.53. The Morgan fingerprint density at radius 2 is 1.63 bits per heavy atom. The number of aryl methyl sites for hydroxylation is 1. The third kappa shape index (κ3) is 7.81. The molecular formula is C52H49NS. The predicted octanol–water partition coefficient (Wildman–Crippen LogP) is 14.9. The topological polar surface area (TPSA) is 3.24 Å². The Kier molecular flexibility index (Phi) is 11.1. The molecule has 0 spiro atoms. The van der Waals surface area contributed by atoms with Crippen LogP contribution in [0.5, 0.6) is 0 Å². The van der Waals surface area contributed by atoms with Gasteiger partial charge in [-0.3, -0.25) is 0 Å². The van der Waals surface area contributed by atoms with Crippen molar-refractivity contribution in [2.24, 2.45) is 5.92 Å². The normalized spacial score (nSPS) is 19.3. The van der Waals surface area contributed by atoms with E-state index in [9.17, 15) is 0 Å². The first-order valence-electron chi connectivity index (χ1n) is 19.7. The second-order valence-corrected chi connectivity index (χ2v) is 15.8. The van der Waals surface area contributed by atoms with E-state index < -0.39 is 0 Å². The second kappa shape index (κ2) is 16.8. The molecule has 0 saturated carbocycles. The van der Waals surface area contributed by atoms with Gasteiger partial charge >= 0.3 is 0 Å². The molecule has 2 atom stereocenters. The van der Waals surface area contributed by atoms with Gasteiger partial charge in [0.25, 0.3) is 0 Å². The van der Waals surface area contributed by atoms with Crippen LogP contribution in [0.1, 0.15) is 79.2 Å². The first kappa shape index (κ1) is 35.7. The van der Waals surface area contributed by atoms with E-state index in [0.29, 0.717) is 11.8 Å². The lowest BCUT2D eigenvalue weighted by atomic mass is 9.81. The van der Waals surface area contributed by atoms with E-state index in [1.54, 1.807) is 5.57 Å². The van der Waals surface area contributed by atoms with Gasteiger partial charge in [0.15, 0.2) is 0 Å². The van der Waals surface area contributed by atoms with Crippen LogP contribution in [0.4, 0.5) is 11.4 Å². The maximum absolute atomic E-state index is 2.43. The van der Waals surface area contributed by atoms with Crippen LogP contribution < -0.4 is 4.90 Å². The minimum absolute atomic E-state index is 0.404. The van der Waals surface area contributed by atoms with Gasteiger partial charge in [-0.25, -0.2) is 0 Å². The van der Waals surface area contributed by atoms with Gasteiger partial charge < -0.3 is 4.90 Å². The summed E-state index contributed by atoms with van der Waals surface area (Å²) in [5.41, 5.74) is 14.8. The molecule has 268 valence electrons. The summed E-state index contributed by atoms with van der Waals surface area (Å²) in [4.78, 5) is 5.32. The predicted molar refractivity (Wildman–Crippen MR) is 235 cm³/mol.